The molecule has 0 aliphatic heterocycles. The summed E-state index contributed by atoms with van der Waals surface area (Å²) >= 11 is 0. The summed E-state index contributed by atoms with van der Waals surface area (Å²) in [5.74, 6) is 0. The van der Waals surface area contributed by atoms with Crippen LogP contribution in [0.1, 0.15) is 71.1 Å². The lowest BCUT2D eigenvalue weighted by molar-refractivity contribution is -0.571. The molecule has 16 heavy (non-hydrogen) atoms. The summed E-state index contributed by atoms with van der Waals surface area (Å²) in [6.45, 7) is 2.21. The number of unbranched alkanes of at least 4 members (excludes halogenated alkanes) is 8. The third-order valence-electron chi connectivity index (χ3n) is 2.81. The minimum atomic E-state index is -1.36. The molecule has 0 aliphatic rings. The van der Waals surface area contributed by atoms with Crippen molar-refractivity contribution in [2.24, 2.45) is 0 Å². The monoisotopic (exact) mass is 231 g/mol. The molecular formula is C12H25NO3. The highest BCUT2D eigenvalue weighted by Crippen LogP contribution is 2.11. The van der Waals surface area contributed by atoms with Gasteiger partial charge in [-0.1, -0.05) is 58.3 Å². The van der Waals surface area contributed by atoms with Crippen LogP contribution in [0.15, 0.2) is 0 Å². The first kappa shape index (κ1) is 15.4. The highest BCUT2D eigenvalue weighted by molar-refractivity contribution is 4.48. The van der Waals surface area contributed by atoms with Gasteiger partial charge in [0.15, 0.2) is 0 Å². The van der Waals surface area contributed by atoms with E-state index in [2.05, 4.69) is 6.92 Å². The van der Waals surface area contributed by atoms with E-state index in [1.165, 1.54) is 38.5 Å². The summed E-state index contributed by atoms with van der Waals surface area (Å²) < 4.78 is 0. The van der Waals surface area contributed by atoms with Gasteiger partial charge in [-0.2, -0.15) is 0 Å². The van der Waals surface area contributed by atoms with Gasteiger partial charge in [0, 0.05) is 6.42 Å². The van der Waals surface area contributed by atoms with Crippen LogP contribution >= 0.6 is 0 Å². The van der Waals surface area contributed by atoms with Crippen molar-refractivity contribution in [1.82, 2.24) is 0 Å². The van der Waals surface area contributed by atoms with E-state index >= 15 is 0 Å². The van der Waals surface area contributed by atoms with Gasteiger partial charge in [0.1, 0.15) is 0 Å². The highest BCUT2D eigenvalue weighted by atomic mass is 16.7. The van der Waals surface area contributed by atoms with E-state index in [0.29, 0.717) is 6.42 Å². The van der Waals surface area contributed by atoms with Crippen LogP contribution in [0, 0.1) is 10.1 Å². The highest BCUT2D eigenvalue weighted by Gasteiger charge is 2.13. The number of hydrogen-bond donors (Lipinski definition) is 1. The maximum absolute atomic E-state index is 10.1. The number of aliphatic hydroxyl groups excluding tert-OH is 1. The predicted octanol–water partition coefficient (Wildman–Crippen LogP) is 3.50. The zero-order chi connectivity index (χ0) is 12.2. The Balaban J connectivity index is 3.07. The number of rotatable bonds is 11. The average Bonchev–Trinajstić information content (AvgIpc) is 2.26. The zero-order valence-electron chi connectivity index (χ0n) is 10.4. The molecule has 0 aromatic rings. The van der Waals surface area contributed by atoms with E-state index in [4.69, 9.17) is 5.11 Å². The molecule has 0 aromatic heterocycles. The summed E-state index contributed by atoms with van der Waals surface area (Å²) in [7, 11) is 0. The van der Waals surface area contributed by atoms with Crippen LogP contribution in [0.25, 0.3) is 0 Å². The van der Waals surface area contributed by atoms with Crippen molar-refractivity contribution in [3.05, 3.63) is 10.1 Å². The van der Waals surface area contributed by atoms with Gasteiger partial charge in [-0.25, -0.2) is 0 Å². The molecular weight excluding hydrogens is 206 g/mol. The molecule has 0 bridgehead atoms. The van der Waals surface area contributed by atoms with Gasteiger partial charge in [-0.15, -0.1) is 0 Å². The van der Waals surface area contributed by atoms with Crippen molar-refractivity contribution in [3.8, 4) is 0 Å². The predicted molar refractivity (Wildman–Crippen MR) is 64.8 cm³/mol. The first-order valence-electron chi connectivity index (χ1n) is 6.50. The van der Waals surface area contributed by atoms with Gasteiger partial charge >= 0.3 is 6.23 Å². The lowest BCUT2D eigenvalue weighted by Gasteiger charge is -2.03. The molecule has 0 heterocycles. The molecule has 0 aromatic carbocycles. The molecule has 0 spiro atoms. The van der Waals surface area contributed by atoms with Crippen molar-refractivity contribution in [2.45, 2.75) is 77.4 Å². The van der Waals surface area contributed by atoms with Crippen LogP contribution in [0.3, 0.4) is 0 Å². The first-order valence-corrected chi connectivity index (χ1v) is 6.50. The molecule has 0 saturated carbocycles. The number of hydrogen-bond acceptors (Lipinski definition) is 3. The van der Waals surface area contributed by atoms with E-state index < -0.39 is 11.2 Å². The smallest absolute Gasteiger partial charge is 0.312 e. The third kappa shape index (κ3) is 9.90. The molecule has 4 heteroatoms. The van der Waals surface area contributed by atoms with Crippen LogP contribution in [0.5, 0.6) is 0 Å². The van der Waals surface area contributed by atoms with Crippen LogP contribution in [-0.2, 0) is 0 Å². The van der Waals surface area contributed by atoms with E-state index in [0.717, 1.165) is 19.3 Å². The minimum Gasteiger partial charge on any atom is -0.333 e. The SMILES string of the molecule is CCCCCCCCCCCC(O)[N+](=O)[O-]. The standard InChI is InChI=1S/C12H25NO3/c1-2-3-4-5-6-7-8-9-10-11-12(14)13(15)16/h12,14H,2-11H2,1H3. The summed E-state index contributed by atoms with van der Waals surface area (Å²) in [6, 6.07) is 0. The van der Waals surface area contributed by atoms with Crippen LogP contribution in [0.4, 0.5) is 0 Å². The third-order valence-corrected chi connectivity index (χ3v) is 2.81. The fourth-order valence-corrected chi connectivity index (χ4v) is 1.74. The Kier molecular flexibility index (Phi) is 10.4. The Labute approximate surface area is 98.2 Å². The van der Waals surface area contributed by atoms with Gasteiger partial charge in [-0.3, -0.25) is 10.1 Å². The lowest BCUT2D eigenvalue weighted by atomic mass is 10.1. The quantitative estimate of drug-likeness (QED) is 0.256. The van der Waals surface area contributed by atoms with Crippen molar-refractivity contribution in [3.63, 3.8) is 0 Å². The molecule has 0 rings (SSSR count). The molecule has 0 radical (unpaired) electrons. The summed E-state index contributed by atoms with van der Waals surface area (Å²) in [4.78, 5) is 9.50. The molecule has 0 amide bonds. The summed E-state index contributed by atoms with van der Waals surface area (Å²) in [6.07, 6.45) is 9.57. The normalized spacial score (nSPS) is 12.6. The minimum absolute atomic E-state index is 0.294. The molecule has 0 aliphatic carbocycles. The van der Waals surface area contributed by atoms with E-state index in [1.807, 2.05) is 0 Å². The Morgan fingerprint density at radius 2 is 1.44 bits per heavy atom. The zero-order valence-corrected chi connectivity index (χ0v) is 10.4. The second kappa shape index (κ2) is 10.9. The van der Waals surface area contributed by atoms with Crippen molar-refractivity contribution < 1.29 is 10.0 Å². The molecule has 96 valence electrons. The fraction of sp³-hybridized carbons (Fsp3) is 1.00. The van der Waals surface area contributed by atoms with E-state index in [9.17, 15) is 10.1 Å². The van der Waals surface area contributed by atoms with Crippen molar-refractivity contribution in [1.29, 1.82) is 0 Å². The maximum Gasteiger partial charge on any atom is 0.312 e. The lowest BCUT2D eigenvalue weighted by Crippen LogP contribution is -2.17. The van der Waals surface area contributed by atoms with E-state index in [-0.39, 0.29) is 0 Å². The van der Waals surface area contributed by atoms with Crippen LogP contribution < -0.4 is 0 Å². The Morgan fingerprint density at radius 1 is 1.00 bits per heavy atom. The van der Waals surface area contributed by atoms with Gasteiger partial charge in [0.2, 0.25) is 0 Å². The largest absolute Gasteiger partial charge is 0.333 e. The Hall–Kier alpha value is -0.640. The maximum atomic E-state index is 10.1. The summed E-state index contributed by atoms with van der Waals surface area (Å²) in [5, 5.41) is 19.0. The van der Waals surface area contributed by atoms with Crippen LogP contribution in [0.2, 0.25) is 0 Å². The Bertz CT molecular complexity index is 174. The van der Waals surface area contributed by atoms with Gasteiger partial charge < -0.3 is 5.11 Å². The number of nitrogens with zero attached hydrogens (tertiary/aromatic N) is 1. The van der Waals surface area contributed by atoms with Gasteiger partial charge in [-0.05, 0) is 6.42 Å². The average molecular weight is 231 g/mol. The van der Waals surface area contributed by atoms with Crippen molar-refractivity contribution >= 4 is 0 Å². The van der Waals surface area contributed by atoms with Gasteiger partial charge in [0.05, 0.1) is 4.92 Å². The molecule has 4 nitrogen and oxygen atoms in total. The first-order chi connectivity index (χ1) is 7.68. The molecule has 0 fully saturated rings. The van der Waals surface area contributed by atoms with Crippen LogP contribution in [-0.4, -0.2) is 16.3 Å². The molecule has 1 N–H and O–H groups in total. The fourth-order valence-electron chi connectivity index (χ4n) is 1.74. The topological polar surface area (TPSA) is 63.4 Å². The second-order valence-electron chi connectivity index (χ2n) is 4.38. The second-order valence-corrected chi connectivity index (χ2v) is 4.38. The Morgan fingerprint density at radius 3 is 1.88 bits per heavy atom. The van der Waals surface area contributed by atoms with E-state index in [1.54, 1.807) is 0 Å². The summed E-state index contributed by atoms with van der Waals surface area (Å²) in [5.41, 5.74) is 0. The van der Waals surface area contributed by atoms with Crippen molar-refractivity contribution in [2.75, 3.05) is 0 Å². The molecule has 1 atom stereocenters. The molecule has 0 saturated heterocycles. The number of aliphatic hydroxyl groups is 1. The van der Waals surface area contributed by atoms with Gasteiger partial charge in [0.25, 0.3) is 0 Å². The number of nitro groups is 1. The molecule has 1 unspecified atom stereocenters.